The Morgan fingerprint density at radius 2 is 1.75 bits per heavy atom. The number of carbonyl (C=O) groups is 2. The molecule has 0 saturated heterocycles. The van der Waals surface area contributed by atoms with Gasteiger partial charge in [0.15, 0.2) is 12.4 Å². The van der Waals surface area contributed by atoms with Gasteiger partial charge in [0, 0.05) is 10.8 Å². The SMILES string of the molecule is Cc1ccc(/C=C/S(=O)(=O)NCC(=O)OCC(=O)C(C)(C)C)cc1. The van der Waals surface area contributed by atoms with E-state index < -0.39 is 28.0 Å². The summed E-state index contributed by atoms with van der Waals surface area (Å²) in [6.45, 7) is 6.16. The lowest BCUT2D eigenvalue weighted by atomic mass is 9.91. The number of benzene rings is 1. The van der Waals surface area contributed by atoms with Crippen LogP contribution in [0.5, 0.6) is 0 Å². The lowest BCUT2D eigenvalue weighted by Gasteiger charge is -2.16. The average Bonchev–Trinajstić information content (AvgIpc) is 2.49. The molecule has 0 atom stereocenters. The number of Topliss-reactive ketones (excluding diaryl/α,β-unsaturated/α-hetero) is 1. The fourth-order valence-electron chi connectivity index (χ4n) is 1.47. The highest BCUT2D eigenvalue weighted by molar-refractivity contribution is 7.92. The Labute approximate surface area is 143 Å². The molecule has 0 aromatic heterocycles. The minimum atomic E-state index is -3.77. The largest absolute Gasteiger partial charge is 0.457 e. The Hall–Kier alpha value is -1.99. The van der Waals surface area contributed by atoms with Gasteiger partial charge in [0.05, 0.1) is 0 Å². The van der Waals surface area contributed by atoms with E-state index in [2.05, 4.69) is 4.72 Å². The Balaban J connectivity index is 2.48. The minimum Gasteiger partial charge on any atom is -0.457 e. The van der Waals surface area contributed by atoms with Crippen molar-refractivity contribution in [2.75, 3.05) is 13.2 Å². The molecule has 0 fully saturated rings. The summed E-state index contributed by atoms with van der Waals surface area (Å²) in [5.74, 6) is -1.04. The number of hydrogen-bond acceptors (Lipinski definition) is 5. The molecule has 6 nitrogen and oxygen atoms in total. The van der Waals surface area contributed by atoms with Gasteiger partial charge in [-0.05, 0) is 18.6 Å². The fourth-order valence-corrected chi connectivity index (χ4v) is 2.22. The molecule has 0 aliphatic heterocycles. The standard InChI is InChI=1S/C17H23NO5S/c1-13-5-7-14(8-6-13)9-10-24(21,22)18-11-16(20)23-12-15(19)17(2,3)4/h5-10,18H,11-12H2,1-4H3/b10-9+. The normalized spacial score (nSPS) is 12.3. The number of ether oxygens (including phenoxy) is 1. The van der Waals surface area contributed by atoms with Crippen LogP contribution >= 0.6 is 0 Å². The molecular weight excluding hydrogens is 330 g/mol. The van der Waals surface area contributed by atoms with E-state index in [4.69, 9.17) is 4.74 Å². The number of ketones is 1. The van der Waals surface area contributed by atoms with Crippen LogP contribution in [-0.4, -0.2) is 33.3 Å². The summed E-state index contributed by atoms with van der Waals surface area (Å²) < 4.78 is 30.5. The van der Waals surface area contributed by atoms with E-state index in [0.29, 0.717) is 0 Å². The highest BCUT2D eigenvalue weighted by atomic mass is 32.2. The molecule has 1 aromatic carbocycles. The highest BCUT2D eigenvalue weighted by Crippen LogP contribution is 2.14. The van der Waals surface area contributed by atoms with Crippen LogP contribution in [0.3, 0.4) is 0 Å². The van der Waals surface area contributed by atoms with Crippen LogP contribution in [0.25, 0.3) is 6.08 Å². The van der Waals surface area contributed by atoms with E-state index in [1.807, 2.05) is 19.1 Å². The molecule has 1 N–H and O–H groups in total. The Kier molecular flexibility index (Phi) is 6.86. The van der Waals surface area contributed by atoms with Gasteiger partial charge in [0.2, 0.25) is 10.0 Å². The Bertz CT molecular complexity index is 712. The molecule has 1 aromatic rings. The number of esters is 1. The summed E-state index contributed by atoms with van der Waals surface area (Å²) in [6.07, 6.45) is 1.43. The molecule has 1 rings (SSSR count). The van der Waals surface area contributed by atoms with Crippen molar-refractivity contribution in [1.82, 2.24) is 4.72 Å². The van der Waals surface area contributed by atoms with Crippen LogP contribution in [0.4, 0.5) is 0 Å². The van der Waals surface area contributed by atoms with E-state index in [-0.39, 0.29) is 12.4 Å². The minimum absolute atomic E-state index is 0.238. The third-order valence-corrected chi connectivity index (χ3v) is 4.18. The monoisotopic (exact) mass is 353 g/mol. The summed E-state index contributed by atoms with van der Waals surface area (Å²) >= 11 is 0. The van der Waals surface area contributed by atoms with E-state index in [1.165, 1.54) is 6.08 Å². The van der Waals surface area contributed by atoms with E-state index in [9.17, 15) is 18.0 Å². The Morgan fingerprint density at radius 3 is 2.29 bits per heavy atom. The van der Waals surface area contributed by atoms with Gasteiger partial charge in [-0.25, -0.2) is 13.1 Å². The van der Waals surface area contributed by atoms with Crippen molar-refractivity contribution in [1.29, 1.82) is 0 Å². The number of aryl methyl sites for hydroxylation is 1. The van der Waals surface area contributed by atoms with Gasteiger partial charge in [0.25, 0.3) is 0 Å². The van der Waals surface area contributed by atoms with Gasteiger partial charge in [-0.15, -0.1) is 0 Å². The second-order valence-corrected chi connectivity index (χ2v) is 8.06. The Morgan fingerprint density at radius 1 is 1.17 bits per heavy atom. The molecule has 24 heavy (non-hydrogen) atoms. The molecule has 0 aliphatic rings. The summed E-state index contributed by atoms with van der Waals surface area (Å²) in [5, 5.41) is 0.977. The zero-order chi connectivity index (χ0) is 18.4. The number of hydrogen-bond donors (Lipinski definition) is 1. The smallest absolute Gasteiger partial charge is 0.321 e. The molecular formula is C17H23NO5S. The van der Waals surface area contributed by atoms with Gasteiger partial charge < -0.3 is 4.74 Å². The number of carbonyl (C=O) groups excluding carboxylic acids is 2. The zero-order valence-corrected chi connectivity index (χ0v) is 15.1. The molecule has 0 bridgehead atoms. The second kappa shape index (κ2) is 8.21. The third-order valence-electron chi connectivity index (χ3n) is 3.14. The summed E-state index contributed by atoms with van der Waals surface area (Å²) in [6, 6.07) is 7.30. The molecule has 132 valence electrons. The summed E-state index contributed by atoms with van der Waals surface area (Å²) in [7, 11) is -3.77. The maximum absolute atomic E-state index is 11.8. The molecule has 0 spiro atoms. The first-order chi connectivity index (χ1) is 11.0. The van der Waals surface area contributed by atoms with Crippen molar-refractivity contribution in [2.24, 2.45) is 5.41 Å². The van der Waals surface area contributed by atoms with Gasteiger partial charge in [-0.2, -0.15) is 0 Å². The van der Waals surface area contributed by atoms with Gasteiger partial charge in [0.1, 0.15) is 6.54 Å². The molecule has 7 heteroatoms. The highest BCUT2D eigenvalue weighted by Gasteiger charge is 2.22. The van der Waals surface area contributed by atoms with Gasteiger partial charge in [-0.1, -0.05) is 50.6 Å². The predicted molar refractivity (Wildman–Crippen MR) is 92.6 cm³/mol. The topological polar surface area (TPSA) is 89.5 Å². The predicted octanol–water partition coefficient (Wildman–Crippen LogP) is 2.04. The molecule has 0 unspecified atom stereocenters. The van der Waals surface area contributed by atoms with Crippen LogP contribution in [0, 0.1) is 12.3 Å². The second-order valence-electron chi connectivity index (χ2n) is 6.41. The number of nitrogens with one attached hydrogen (secondary N) is 1. The van der Waals surface area contributed by atoms with Crippen LogP contribution < -0.4 is 4.72 Å². The van der Waals surface area contributed by atoms with Crippen molar-refractivity contribution >= 4 is 27.9 Å². The first-order valence-corrected chi connectivity index (χ1v) is 8.97. The molecule has 0 saturated carbocycles. The first kappa shape index (κ1) is 20.1. The number of sulfonamides is 1. The van der Waals surface area contributed by atoms with Crippen molar-refractivity contribution in [3.8, 4) is 0 Å². The quantitative estimate of drug-likeness (QED) is 0.758. The van der Waals surface area contributed by atoms with Crippen LogP contribution in [0.1, 0.15) is 31.9 Å². The van der Waals surface area contributed by atoms with Gasteiger partial charge >= 0.3 is 5.97 Å². The third kappa shape index (κ3) is 7.52. The van der Waals surface area contributed by atoms with Crippen LogP contribution in [0.2, 0.25) is 0 Å². The lowest BCUT2D eigenvalue weighted by molar-refractivity contribution is -0.148. The summed E-state index contributed by atoms with van der Waals surface area (Å²) in [5.41, 5.74) is 1.18. The lowest BCUT2D eigenvalue weighted by Crippen LogP contribution is -2.32. The van der Waals surface area contributed by atoms with E-state index >= 15 is 0 Å². The maximum atomic E-state index is 11.8. The van der Waals surface area contributed by atoms with Gasteiger partial charge in [-0.3, -0.25) is 9.59 Å². The molecule has 0 amide bonds. The summed E-state index contributed by atoms with van der Waals surface area (Å²) in [4.78, 5) is 23.1. The van der Waals surface area contributed by atoms with Crippen molar-refractivity contribution in [3.63, 3.8) is 0 Å². The van der Waals surface area contributed by atoms with Crippen LogP contribution in [0.15, 0.2) is 29.7 Å². The van der Waals surface area contributed by atoms with E-state index in [0.717, 1.165) is 16.5 Å². The molecule has 0 heterocycles. The average molecular weight is 353 g/mol. The van der Waals surface area contributed by atoms with Crippen molar-refractivity contribution in [3.05, 3.63) is 40.8 Å². The van der Waals surface area contributed by atoms with Crippen LogP contribution in [-0.2, 0) is 24.3 Å². The fraction of sp³-hybridized carbons (Fsp3) is 0.412. The number of rotatable bonds is 7. The van der Waals surface area contributed by atoms with E-state index in [1.54, 1.807) is 32.9 Å². The van der Waals surface area contributed by atoms with Crippen molar-refractivity contribution < 1.29 is 22.7 Å². The molecule has 0 aliphatic carbocycles. The maximum Gasteiger partial charge on any atom is 0.321 e. The zero-order valence-electron chi connectivity index (χ0n) is 14.3. The first-order valence-electron chi connectivity index (χ1n) is 7.43. The van der Waals surface area contributed by atoms with Crippen molar-refractivity contribution in [2.45, 2.75) is 27.7 Å². The molecule has 0 radical (unpaired) electrons.